The maximum Gasteiger partial charge on any atom is 0.331 e. The quantitative estimate of drug-likeness (QED) is 0.605. The summed E-state index contributed by atoms with van der Waals surface area (Å²) in [6.07, 6.45) is 0. The third-order valence-corrected chi connectivity index (χ3v) is 4.64. The number of aliphatic hydroxyl groups excluding tert-OH is 1. The molecule has 0 aliphatic rings. The Hall–Kier alpha value is -2.97. The van der Waals surface area contributed by atoms with E-state index in [9.17, 15) is 14.7 Å². The Balaban J connectivity index is 1.60. The summed E-state index contributed by atoms with van der Waals surface area (Å²) in [5.41, 5.74) is 0.870. The Morgan fingerprint density at radius 3 is 2.70 bits per heavy atom. The van der Waals surface area contributed by atoms with Gasteiger partial charge in [0.15, 0.2) is 6.04 Å². The van der Waals surface area contributed by atoms with Crippen molar-refractivity contribution in [2.45, 2.75) is 19.6 Å². The van der Waals surface area contributed by atoms with Gasteiger partial charge >= 0.3 is 5.97 Å². The highest BCUT2D eigenvalue weighted by Gasteiger charge is 2.23. The van der Waals surface area contributed by atoms with Gasteiger partial charge in [0.1, 0.15) is 18.1 Å². The standard InChI is InChI=1S/C19H18N2O5S/c1-12-15(21-18(26-12)16-8-5-9-27-16)11-25-19(24)14(10-22)20-17(23)13-6-3-2-4-7-13/h2-9,14,22H,10-11H2,1H3,(H,20,23)/t14-/m0/s1. The number of ether oxygens (including phenoxy) is 1. The molecular formula is C19H18N2O5S. The molecular weight excluding hydrogens is 368 g/mol. The first-order chi connectivity index (χ1) is 13.1. The van der Waals surface area contributed by atoms with Crippen molar-refractivity contribution >= 4 is 23.2 Å². The number of carbonyl (C=O) groups excluding carboxylic acids is 2. The van der Waals surface area contributed by atoms with Crippen LogP contribution < -0.4 is 5.32 Å². The molecule has 0 bridgehead atoms. The van der Waals surface area contributed by atoms with E-state index in [1.54, 1.807) is 37.3 Å². The SMILES string of the molecule is Cc1oc(-c2cccs2)nc1COC(=O)[C@H](CO)NC(=O)c1ccccc1. The lowest BCUT2D eigenvalue weighted by molar-refractivity contribution is -0.148. The van der Waals surface area contributed by atoms with Gasteiger partial charge in [-0.25, -0.2) is 9.78 Å². The van der Waals surface area contributed by atoms with E-state index in [0.29, 0.717) is 22.9 Å². The van der Waals surface area contributed by atoms with Crippen LogP contribution in [0.4, 0.5) is 0 Å². The first-order valence-electron chi connectivity index (χ1n) is 8.22. The van der Waals surface area contributed by atoms with Crippen LogP contribution in [0.3, 0.4) is 0 Å². The van der Waals surface area contributed by atoms with Gasteiger partial charge in [-0.2, -0.15) is 0 Å². The highest BCUT2D eigenvalue weighted by atomic mass is 32.1. The van der Waals surface area contributed by atoms with Crippen LogP contribution in [-0.2, 0) is 16.1 Å². The number of aryl methyl sites for hydroxylation is 1. The summed E-state index contributed by atoms with van der Waals surface area (Å²) in [6.45, 7) is 1.04. The molecule has 1 aromatic carbocycles. The number of aromatic nitrogens is 1. The average Bonchev–Trinajstić information content (AvgIpc) is 3.34. The highest BCUT2D eigenvalue weighted by Crippen LogP contribution is 2.26. The fraction of sp³-hybridized carbons (Fsp3) is 0.211. The van der Waals surface area contributed by atoms with Gasteiger partial charge in [0.25, 0.3) is 5.91 Å². The van der Waals surface area contributed by atoms with Crippen LogP contribution in [0.15, 0.2) is 52.3 Å². The zero-order valence-electron chi connectivity index (χ0n) is 14.5. The molecule has 2 heterocycles. The summed E-state index contributed by atoms with van der Waals surface area (Å²) >= 11 is 1.49. The van der Waals surface area contributed by atoms with Crippen molar-refractivity contribution < 1.29 is 23.8 Å². The molecule has 0 radical (unpaired) electrons. The van der Waals surface area contributed by atoms with E-state index in [1.807, 2.05) is 17.5 Å². The van der Waals surface area contributed by atoms with Crippen LogP contribution >= 0.6 is 11.3 Å². The molecule has 1 atom stereocenters. The molecule has 0 aliphatic carbocycles. The van der Waals surface area contributed by atoms with Gasteiger partial charge < -0.3 is 19.6 Å². The van der Waals surface area contributed by atoms with Crippen LogP contribution in [0.5, 0.6) is 0 Å². The van der Waals surface area contributed by atoms with Crippen molar-refractivity contribution in [1.82, 2.24) is 10.3 Å². The number of carbonyl (C=O) groups is 2. The maximum atomic E-state index is 12.2. The number of benzene rings is 1. The molecule has 3 aromatic rings. The Bertz CT molecular complexity index is 906. The number of nitrogens with one attached hydrogen (secondary N) is 1. The number of amides is 1. The molecule has 1 amide bonds. The normalized spacial score (nSPS) is 11.8. The number of thiophene rings is 1. The predicted molar refractivity (Wildman–Crippen MR) is 99.1 cm³/mol. The monoisotopic (exact) mass is 386 g/mol. The van der Waals surface area contributed by atoms with Gasteiger partial charge in [-0.05, 0) is 30.5 Å². The van der Waals surface area contributed by atoms with Crippen LogP contribution in [0, 0.1) is 6.92 Å². The number of hydrogen-bond acceptors (Lipinski definition) is 7. The van der Waals surface area contributed by atoms with Gasteiger partial charge in [0, 0.05) is 5.56 Å². The van der Waals surface area contributed by atoms with Crippen LogP contribution in [0.2, 0.25) is 0 Å². The zero-order chi connectivity index (χ0) is 19.2. The second kappa shape index (κ2) is 8.61. The number of aliphatic hydroxyl groups is 1. The van der Waals surface area contributed by atoms with Gasteiger partial charge in [-0.3, -0.25) is 4.79 Å². The molecule has 0 unspecified atom stereocenters. The molecule has 0 spiro atoms. The first-order valence-corrected chi connectivity index (χ1v) is 9.10. The fourth-order valence-corrected chi connectivity index (χ4v) is 2.97. The minimum atomic E-state index is -1.17. The lowest BCUT2D eigenvalue weighted by Crippen LogP contribution is -2.44. The number of oxazole rings is 1. The lowest BCUT2D eigenvalue weighted by Gasteiger charge is -2.15. The minimum absolute atomic E-state index is 0.114. The Morgan fingerprint density at radius 2 is 2.04 bits per heavy atom. The summed E-state index contributed by atoms with van der Waals surface area (Å²) in [5, 5.41) is 13.8. The van der Waals surface area contributed by atoms with Crippen molar-refractivity contribution in [2.75, 3.05) is 6.61 Å². The molecule has 8 heteroatoms. The van der Waals surface area contributed by atoms with Gasteiger partial charge in [0.05, 0.1) is 11.5 Å². The van der Waals surface area contributed by atoms with Crippen LogP contribution in [-0.4, -0.2) is 34.6 Å². The summed E-state index contributed by atoms with van der Waals surface area (Å²) in [4.78, 5) is 29.5. The van der Waals surface area contributed by atoms with E-state index in [1.165, 1.54) is 11.3 Å². The van der Waals surface area contributed by atoms with Crippen molar-refractivity contribution in [3.8, 4) is 10.8 Å². The minimum Gasteiger partial charge on any atom is -0.457 e. The van der Waals surface area contributed by atoms with Crippen molar-refractivity contribution in [1.29, 1.82) is 0 Å². The molecule has 0 saturated carbocycles. The van der Waals surface area contributed by atoms with E-state index in [0.717, 1.165) is 4.88 Å². The second-order valence-electron chi connectivity index (χ2n) is 5.68. The Labute approximate surface area is 159 Å². The van der Waals surface area contributed by atoms with Crippen LogP contribution in [0.25, 0.3) is 10.8 Å². The lowest BCUT2D eigenvalue weighted by atomic mass is 10.2. The van der Waals surface area contributed by atoms with Crippen molar-refractivity contribution in [3.63, 3.8) is 0 Å². The highest BCUT2D eigenvalue weighted by molar-refractivity contribution is 7.13. The van der Waals surface area contributed by atoms with Crippen LogP contribution in [0.1, 0.15) is 21.8 Å². The van der Waals surface area contributed by atoms with E-state index < -0.39 is 24.5 Å². The summed E-state index contributed by atoms with van der Waals surface area (Å²) in [6, 6.07) is 11.0. The first kappa shape index (κ1) is 18.8. The van der Waals surface area contributed by atoms with Crippen molar-refractivity contribution in [3.05, 3.63) is 64.9 Å². The molecule has 0 aliphatic heterocycles. The topological polar surface area (TPSA) is 102 Å². The molecule has 3 rings (SSSR count). The third kappa shape index (κ3) is 4.60. The summed E-state index contributed by atoms with van der Waals surface area (Å²) < 4.78 is 10.8. The number of hydrogen-bond donors (Lipinski definition) is 2. The summed E-state index contributed by atoms with van der Waals surface area (Å²) in [7, 11) is 0. The molecule has 0 saturated heterocycles. The van der Waals surface area contributed by atoms with Crippen molar-refractivity contribution in [2.24, 2.45) is 0 Å². The largest absolute Gasteiger partial charge is 0.457 e. The fourth-order valence-electron chi connectivity index (χ4n) is 2.32. The second-order valence-corrected chi connectivity index (χ2v) is 6.63. The van der Waals surface area contributed by atoms with E-state index >= 15 is 0 Å². The Morgan fingerprint density at radius 1 is 1.26 bits per heavy atom. The number of rotatable bonds is 7. The van der Waals surface area contributed by atoms with Gasteiger partial charge in [-0.15, -0.1) is 11.3 Å². The molecule has 7 nitrogen and oxygen atoms in total. The van der Waals surface area contributed by atoms with Gasteiger partial charge in [-0.1, -0.05) is 24.3 Å². The van der Waals surface area contributed by atoms with E-state index in [4.69, 9.17) is 9.15 Å². The molecule has 2 aromatic heterocycles. The number of nitrogens with zero attached hydrogens (tertiary/aromatic N) is 1. The zero-order valence-corrected chi connectivity index (χ0v) is 15.4. The van der Waals surface area contributed by atoms with E-state index in [2.05, 4.69) is 10.3 Å². The predicted octanol–water partition coefficient (Wildman–Crippen LogP) is 2.55. The molecule has 27 heavy (non-hydrogen) atoms. The number of esters is 1. The molecule has 0 fully saturated rings. The maximum absolute atomic E-state index is 12.2. The average molecular weight is 386 g/mol. The Kier molecular flexibility index (Phi) is 6.00. The van der Waals surface area contributed by atoms with Gasteiger partial charge in [0.2, 0.25) is 5.89 Å². The molecule has 2 N–H and O–H groups in total. The smallest absolute Gasteiger partial charge is 0.331 e. The third-order valence-electron chi connectivity index (χ3n) is 3.78. The van der Waals surface area contributed by atoms with E-state index in [-0.39, 0.29) is 6.61 Å². The molecule has 140 valence electrons. The summed E-state index contributed by atoms with van der Waals surface area (Å²) in [5.74, 6) is -0.212.